The topological polar surface area (TPSA) is 75.1 Å². The lowest BCUT2D eigenvalue weighted by Gasteiger charge is -2.07. The molecule has 2 rings (SSSR count). The second-order valence-electron chi connectivity index (χ2n) is 4.03. The van der Waals surface area contributed by atoms with Crippen LogP contribution in [0.5, 0.6) is 0 Å². The van der Waals surface area contributed by atoms with Crippen molar-refractivity contribution in [3.63, 3.8) is 0 Å². The molecule has 0 saturated heterocycles. The number of carbonyl (C=O) groups excluding carboxylic acids is 1. The average Bonchev–Trinajstić information content (AvgIpc) is 2.47. The number of aromatic nitrogens is 2. The molecule has 0 spiro atoms. The van der Waals surface area contributed by atoms with Crippen molar-refractivity contribution in [1.82, 2.24) is 9.97 Å². The highest BCUT2D eigenvalue weighted by Crippen LogP contribution is 2.12. The number of amides is 1. The molecule has 5 nitrogen and oxygen atoms in total. The minimum Gasteiger partial charge on any atom is -0.384 e. The Morgan fingerprint density at radius 3 is 2.95 bits per heavy atom. The Morgan fingerprint density at radius 2 is 2.25 bits per heavy atom. The maximum atomic E-state index is 12.2. The first-order valence-electron chi connectivity index (χ1n) is 5.98. The first-order chi connectivity index (χ1) is 9.70. The lowest BCUT2D eigenvalue weighted by atomic mass is 10.0. The van der Waals surface area contributed by atoms with Gasteiger partial charge < -0.3 is 10.4 Å². The van der Waals surface area contributed by atoms with Crippen molar-refractivity contribution in [3.8, 4) is 11.8 Å². The number of nitrogens with zero attached hydrogens (tertiary/aromatic N) is 2. The molecule has 0 saturated carbocycles. The van der Waals surface area contributed by atoms with Crippen molar-refractivity contribution >= 4 is 11.7 Å². The van der Waals surface area contributed by atoms with E-state index in [-0.39, 0.29) is 12.5 Å². The standard InChI is InChI=1S/C15H13N3O2/c1-11-4-5-12(3-2-8-19)9-13(11)15(20)18-14-10-16-6-7-17-14/h4-7,9-10,19H,8H2,1H3,(H,17,18,20). The van der Waals surface area contributed by atoms with E-state index in [0.29, 0.717) is 16.9 Å². The maximum absolute atomic E-state index is 12.2. The van der Waals surface area contributed by atoms with Gasteiger partial charge in [-0.2, -0.15) is 0 Å². The van der Waals surface area contributed by atoms with Gasteiger partial charge in [0.05, 0.1) is 6.20 Å². The van der Waals surface area contributed by atoms with Gasteiger partial charge in [-0.25, -0.2) is 4.98 Å². The average molecular weight is 267 g/mol. The van der Waals surface area contributed by atoms with Crippen molar-refractivity contribution in [2.24, 2.45) is 0 Å². The molecule has 1 heterocycles. The summed E-state index contributed by atoms with van der Waals surface area (Å²) in [7, 11) is 0. The predicted molar refractivity (Wildman–Crippen MR) is 75.1 cm³/mol. The summed E-state index contributed by atoms with van der Waals surface area (Å²) in [5, 5.41) is 11.4. The van der Waals surface area contributed by atoms with E-state index in [1.165, 1.54) is 18.6 Å². The zero-order valence-electron chi connectivity index (χ0n) is 10.9. The lowest BCUT2D eigenvalue weighted by Crippen LogP contribution is -2.14. The van der Waals surface area contributed by atoms with Crippen LogP contribution in [-0.2, 0) is 0 Å². The van der Waals surface area contributed by atoms with Gasteiger partial charge in [0.2, 0.25) is 0 Å². The molecule has 1 aromatic heterocycles. The van der Waals surface area contributed by atoms with Gasteiger partial charge in [-0.05, 0) is 24.6 Å². The fourth-order valence-electron chi connectivity index (χ4n) is 1.63. The summed E-state index contributed by atoms with van der Waals surface area (Å²) in [4.78, 5) is 20.1. The number of rotatable bonds is 2. The van der Waals surface area contributed by atoms with Crippen LogP contribution in [0.2, 0.25) is 0 Å². The molecule has 1 amide bonds. The lowest BCUT2D eigenvalue weighted by molar-refractivity contribution is 0.102. The Balaban J connectivity index is 2.25. The molecule has 5 heteroatoms. The summed E-state index contributed by atoms with van der Waals surface area (Å²) in [6, 6.07) is 5.30. The highest BCUT2D eigenvalue weighted by molar-refractivity contribution is 6.04. The van der Waals surface area contributed by atoms with Crippen LogP contribution in [0.4, 0.5) is 5.82 Å². The van der Waals surface area contributed by atoms with Gasteiger partial charge in [0, 0.05) is 23.5 Å². The van der Waals surface area contributed by atoms with Crippen LogP contribution < -0.4 is 5.32 Å². The molecule has 0 atom stereocenters. The maximum Gasteiger partial charge on any atom is 0.257 e. The summed E-state index contributed by atoms with van der Waals surface area (Å²) >= 11 is 0. The van der Waals surface area contributed by atoms with Gasteiger partial charge in [-0.1, -0.05) is 17.9 Å². The fourth-order valence-corrected chi connectivity index (χ4v) is 1.63. The number of aliphatic hydroxyl groups excluding tert-OH is 1. The Hall–Kier alpha value is -2.71. The van der Waals surface area contributed by atoms with E-state index in [1.807, 2.05) is 13.0 Å². The normalized spacial score (nSPS) is 9.50. The second-order valence-corrected chi connectivity index (χ2v) is 4.03. The van der Waals surface area contributed by atoms with E-state index < -0.39 is 0 Å². The highest BCUT2D eigenvalue weighted by atomic mass is 16.2. The third-order valence-corrected chi connectivity index (χ3v) is 2.60. The first-order valence-corrected chi connectivity index (χ1v) is 5.98. The fraction of sp³-hybridized carbons (Fsp3) is 0.133. The predicted octanol–water partition coefficient (Wildman–Crippen LogP) is 1.38. The van der Waals surface area contributed by atoms with Crippen LogP contribution in [0, 0.1) is 18.8 Å². The van der Waals surface area contributed by atoms with Crippen molar-refractivity contribution in [2.45, 2.75) is 6.92 Å². The molecule has 0 aliphatic carbocycles. The molecule has 2 aromatic rings. The van der Waals surface area contributed by atoms with Gasteiger partial charge >= 0.3 is 0 Å². The summed E-state index contributed by atoms with van der Waals surface area (Å²) in [6.07, 6.45) is 4.51. The van der Waals surface area contributed by atoms with Crippen molar-refractivity contribution < 1.29 is 9.90 Å². The molecule has 0 unspecified atom stereocenters. The van der Waals surface area contributed by atoms with Crippen LogP contribution in [-0.4, -0.2) is 27.6 Å². The summed E-state index contributed by atoms with van der Waals surface area (Å²) < 4.78 is 0. The van der Waals surface area contributed by atoms with E-state index in [0.717, 1.165) is 5.56 Å². The van der Waals surface area contributed by atoms with Crippen LogP contribution in [0.15, 0.2) is 36.8 Å². The van der Waals surface area contributed by atoms with Crippen molar-refractivity contribution in [2.75, 3.05) is 11.9 Å². The van der Waals surface area contributed by atoms with E-state index in [4.69, 9.17) is 5.11 Å². The zero-order chi connectivity index (χ0) is 14.4. The molecule has 2 N–H and O–H groups in total. The van der Waals surface area contributed by atoms with Crippen LogP contribution in [0.1, 0.15) is 21.5 Å². The smallest absolute Gasteiger partial charge is 0.257 e. The van der Waals surface area contributed by atoms with Gasteiger partial charge in [0.25, 0.3) is 5.91 Å². The molecule has 0 radical (unpaired) electrons. The number of hydrogen-bond acceptors (Lipinski definition) is 4. The van der Waals surface area contributed by atoms with Crippen LogP contribution >= 0.6 is 0 Å². The first kappa shape index (κ1) is 13.7. The molecule has 0 bridgehead atoms. The Bertz CT molecular complexity index is 673. The van der Waals surface area contributed by atoms with Gasteiger partial charge in [0.1, 0.15) is 6.61 Å². The van der Waals surface area contributed by atoms with Gasteiger partial charge in [-0.3, -0.25) is 9.78 Å². The quantitative estimate of drug-likeness (QED) is 0.806. The molecular weight excluding hydrogens is 254 g/mol. The monoisotopic (exact) mass is 267 g/mol. The largest absolute Gasteiger partial charge is 0.384 e. The molecule has 1 aromatic carbocycles. The number of aryl methyl sites for hydroxylation is 1. The number of nitrogens with one attached hydrogen (secondary N) is 1. The van der Waals surface area contributed by atoms with E-state index >= 15 is 0 Å². The number of carbonyl (C=O) groups is 1. The third-order valence-electron chi connectivity index (χ3n) is 2.60. The SMILES string of the molecule is Cc1ccc(C#CCO)cc1C(=O)Nc1cnccn1. The van der Waals surface area contributed by atoms with E-state index in [1.54, 1.807) is 12.1 Å². The molecule has 20 heavy (non-hydrogen) atoms. The van der Waals surface area contributed by atoms with Crippen LogP contribution in [0.3, 0.4) is 0 Å². The summed E-state index contributed by atoms with van der Waals surface area (Å²) in [5.74, 6) is 5.45. The molecule has 0 aliphatic heterocycles. The zero-order valence-corrected chi connectivity index (χ0v) is 10.9. The summed E-state index contributed by atoms with van der Waals surface area (Å²) in [6.45, 7) is 1.63. The third kappa shape index (κ3) is 3.40. The van der Waals surface area contributed by atoms with E-state index in [2.05, 4.69) is 27.1 Å². The summed E-state index contributed by atoms with van der Waals surface area (Å²) in [5.41, 5.74) is 2.02. The number of anilines is 1. The van der Waals surface area contributed by atoms with Crippen molar-refractivity contribution in [1.29, 1.82) is 0 Å². The Kier molecular flexibility index (Phi) is 4.43. The van der Waals surface area contributed by atoms with Crippen molar-refractivity contribution in [3.05, 3.63) is 53.5 Å². The number of benzene rings is 1. The highest BCUT2D eigenvalue weighted by Gasteiger charge is 2.10. The van der Waals surface area contributed by atoms with E-state index in [9.17, 15) is 4.79 Å². The molecule has 0 fully saturated rings. The second kappa shape index (κ2) is 6.45. The van der Waals surface area contributed by atoms with Gasteiger partial charge in [0.15, 0.2) is 5.82 Å². The minimum absolute atomic E-state index is 0.213. The number of aliphatic hydroxyl groups is 1. The minimum atomic E-state index is -0.268. The van der Waals surface area contributed by atoms with Gasteiger partial charge in [-0.15, -0.1) is 0 Å². The molecule has 100 valence electrons. The molecule has 0 aliphatic rings. The van der Waals surface area contributed by atoms with Crippen LogP contribution in [0.25, 0.3) is 0 Å². The number of hydrogen-bond donors (Lipinski definition) is 2. The molecular formula is C15H13N3O2. The Labute approximate surface area is 116 Å². The Morgan fingerprint density at radius 1 is 1.40 bits per heavy atom.